The molecule has 0 radical (unpaired) electrons. The van der Waals surface area contributed by atoms with Gasteiger partial charge in [0, 0.05) is 24.1 Å². The molecular formula is C12H18N2O2S. The number of thiol groups is 1. The Kier molecular flexibility index (Phi) is 4.81. The van der Waals surface area contributed by atoms with Crippen LogP contribution in [0.25, 0.3) is 0 Å². The second kappa shape index (κ2) is 5.91. The monoisotopic (exact) mass is 254 g/mol. The molecule has 5 heteroatoms. The van der Waals surface area contributed by atoms with Crippen LogP contribution in [0.4, 0.5) is 4.79 Å². The van der Waals surface area contributed by atoms with E-state index in [1.807, 2.05) is 32.9 Å². The summed E-state index contributed by atoms with van der Waals surface area (Å²) in [6.45, 7) is 5.98. The lowest BCUT2D eigenvalue weighted by Gasteiger charge is -2.19. The second-order valence-corrected chi connectivity index (χ2v) is 5.13. The van der Waals surface area contributed by atoms with Crippen LogP contribution in [0.3, 0.4) is 0 Å². The minimum Gasteiger partial charge on any atom is -0.444 e. The fourth-order valence-electron chi connectivity index (χ4n) is 1.22. The van der Waals surface area contributed by atoms with Gasteiger partial charge < -0.3 is 10.1 Å². The van der Waals surface area contributed by atoms with Gasteiger partial charge in [-0.25, -0.2) is 4.79 Å². The third kappa shape index (κ3) is 5.58. The summed E-state index contributed by atoms with van der Waals surface area (Å²) in [6.07, 6.45) is 1.94. The van der Waals surface area contributed by atoms with Gasteiger partial charge >= 0.3 is 6.09 Å². The molecule has 0 spiro atoms. The maximum absolute atomic E-state index is 11.4. The molecule has 0 aliphatic rings. The smallest absolute Gasteiger partial charge is 0.407 e. The average molecular weight is 254 g/mol. The lowest BCUT2D eigenvalue weighted by atomic mass is 10.2. The van der Waals surface area contributed by atoms with E-state index in [1.165, 1.54) is 0 Å². The molecule has 4 nitrogen and oxygen atoms in total. The number of ether oxygens (including phenoxy) is 1. The molecule has 0 saturated carbocycles. The molecule has 1 aromatic heterocycles. The predicted molar refractivity (Wildman–Crippen MR) is 69.4 cm³/mol. The van der Waals surface area contributed by atoms with Gasteiger partial charge in [-0.3, -0.25) is 4.98 Å². The molecule has 0 unspecified atom stereocenters. The van der Waals surface area contributed by atoms with Crippen LogP contribution in [-0.2, 0) is 11.2 Å². The summed E-state index contributed by atoms with van der Waals surface area (Å²) in [7, 11) is 0. The van der Waals surface area contributed by atoms with E-state index in [1.54, 1.807) is 6.20 Å². The minimum absolute atomic E-state index is 0.408. The number of carbonyl (C=O) groups is 1. The summed E-state index contributed by atoms with van der Waals surface area (Å²) in [5, 5.41) is 2.68. The topological polar surface area (TPSA) is 51.2 Å². The first kappa shape index (κ1) is 13.8. The van der Waals surface area contributed by atoms with Crippen molar-refractivity contribution in [2.75, 3.05) is 6.54 Å². The van der Waals surface area contributed by atoms with Crippen LogP contribution in [0.1, 0.15) is 26.5 Å². The Morgan fingerprint density at radius 2 is 2.24 bits per heavy atom. The van der Waals surface area contributed by atoms with Crippen LogP contribution in [-0.4, -0.2) is 23.2 Å². The van der Waals surface area contributed by atoms with E-state index in [9.17, 15) is 4.79 Å². The molecule has 17 heavy (non-hydrogen) atoms. The zero-order valence-corrected chi connectivity index (χ0v) is 11.3. The number of nitrogens with one attached hydrogen (secondary N) is 1. The van der Waals surface area contributed by atoms with Gasteiger partial charge in [0.2, 0.25) is 0 Å². The van der Waals surface area contributed by atoms with Gasteiger partial charge in [0.05, 0.1) is 5.69 Å². The molecule has 1 aromatic rings. The first-order valence-corrected chi connectivity index (χ1v) is 5.93. The number of hydrogen-bond donors (Lipinski definition) is 2. The van der Waals surface area contributed by atoms with E-state index < -0.39 is 11.7 Å². The van der Waals surface area contributed by atoms with Crippen LogP contribution in [0.15, 0.2) is 23.2 Å². The molecule has 0 aromatic carbocycles. The van der Waals surface area contributed by atoms with Gasteiger partial charge in [-0.05, 0) is 32.9 Å². The van der Waals surface area contributed by atoms with E-state index in [0.29, 0.717) is 13.0 Å². The highest BCUT2D eigenvalue weighted by atomic mass is 32.1. The number of carbonyl (C=O) groups excluding carboxylic acids is 1. The molecule has 0 aliphatic heterocycles. The number of amides is 1. The van der Waals surface area contributed by atoms with E-state index in [4.69, 9.17) is 4.74 Å². The molecule has 0 fully saturated rings. The first-order chi connectivity index (χ1) is 7.88. The van der Waals surface area contributed by atoms with E-state index >= 15 is 0 Å². The number of pyridine rings is 1. The highest BCUT2D eigenvalue weighted by molar-refractivity contribution is 7.80. The molecular weight excluding hydrogens is 236 g/mol. The summed E-state index contributed by atoms with van der Waals surface area (Å²) in [5.74, 6) is 0. The maximum Gasteiger partial charge on any atom is 0.407 e. The maximum atomic E-state index is 11.4. The molecule has 1 heterocycles. The second-order valence-electron chi connectivity index (χ2n) is 4.65. The standard InChI is InChI=1S/C12H18N2O2S/c1-12(2,3)16-11(15)14-8-6-9-10(17)5-4-7-13-9/h4-5,7,17H,6,8H2,1-3H3,(H,14,15). The van der Waals surface area contributed by atoms with Crippen LogP contribution in [0, 0.1) is 0 Å². The normalized spacial score (nSPS) is 11.1. The number of hydrogen-bond acceptors (Lipinski definition) is 4. The van der Waals surface area contributed by atoms with Gasteiger partial charge in [0.15, 0.2) is 0 Å². The van der Waals surface area contributed by atoms with Crippen molar-refractivity contribution in [2.45, 2.75) is 37.7 Å². The first-order valence-electron chi connectivity index (χ1n) is 5.48. The zero-order valence-electron chi connectivity index (χ0n) is 10.4. The highest BCUT2D eigenvalue weighted by Gasteiger charge is 2.15. The SMILES string of the molecule is CC(C)(C)OC(=O)NCCc1ncccc1S. The number of alkyl carbamates (subject to hydrolysis) is 1. The summed E-state index contributed by atoms with van der Waals surface area (Å²) in [6, 6.07) is 3.70. The molecule has 0 atom stereocenters. The van der Waals surface area contributed by atoms with Gasteiger partial charge in [-0.2, -0.15) is 0 Å². The van der Waals surface area contributed by atoms with Crippen LogP contribution in [0.5, 0.6) is 0 Å². The molecule has 1 amide bonds. The largest absolute Gasteiger partial charge is 0.444 e. The molecule has 1 N–H and O–H groups in total. The number of aromatic nitrogens is 1. The lowest BCUT2D eigenvalue weighted by Crippen LogP contribution is -2.33. The highest BCUT2D eigenvalue weighted by Crippen LogP contribution is 2.10. The summed E-state index contributed by atoms with van der Waals surface area (Å²) >= 11 is 4.28. The lowest BCUT2D eigenvalue weighted by molar-refractivity contribution is 0.0528. The molecule has 1 rings (SSSR count). The van der Waals surface area contributed by atoms with Gasteiger partial charge in [-0.15, -0.1) is 12.6 Å². The Bertz CT molecular complexity index is 388. The van der Waals surface area contributed by atoms with Crippen molar-refractivity contribution in [1.82, 2.24) is 10.3 Å². The van der Waals surface area contributed by atoms with E-state index in [2.05, 4.69) is 22.9 Å². The Morgan fingerprint density at radius 1 is 1.53 bits per heavy atom. The third-order valence-electron chi connectivity index (χ3n) is 1.90. The fraction of sp³-hybridized carbons (Fsp3) is 0.500. The average Bonchev–Trinajstić information content (AvgIpc) is 2.18. The van der Waals surface area contributed by atoms with Crippen molar-refractivity contribution in [3.63, 3.8) is 0 Å². The Balaban J connectivity index is 2.34. The number of rotatable bonds is 3. The summed E-state index contributed by atoms with van der Waals surface area (Å²) < 4.78 is 5.12. The molecule has 94 valence electrons. The third-order valence-corrected chi connectivity index (χ3v) is 2.30. The number of nitrogens with zero attached hydrogens (tertiary/aromatic N) is 1. The van der Waals surface area contributed by atoms with Crippen LogP contribution < -0.4 is 5.32 Å². The fourth-order valence-corrected chi connectivity index (χ4v) is 1.47. The van der Waals surface area contributed by atoms with Crippen molar-refractivity contribution >= 4 is 18.7 Å². The minimum atomic E-state index is -0.468. The van der Waals surface area contributed by atoms with Crippen LogP contribution in [0.2, 0.25) is 0 Å². The van der Waals surface area contributed by atoms with E-state index in [0.717, 1.165) is 10.6 Å². The quantitative estimate of drug-likeness (QED) is 0.815. The van der Waals surface area contributed by atoms with Crippen molar-refractivity contribution in [1.29, 1.82) is 0 Å². The van der Waals surface area contributed by atoms with E-state index in [-0.39, 0.29) is 0 Å². The summed E-state index contributed by atoms with van der Waals surface area (Å²) in [4.78, 5) is 16.4. The van der Waals surface area contributed by atoms with Gasteiger partial charge in [0.1, 0.15) is 5.60 Å². The van der Waals surface area contributed by atoms with Gasteiger partial charge in [-0.1, -0.05) is 0 Å². The van der Waals surface area contributed by atoms with Gasteiger partial charge in [0.25, 0.3) is 0 Å². The Hall–Kier alpha value is -1.23. The van der Waals surface area contributed by atoms with Crippen molar-refractivity contribution in [3.05, 3.63) is 24.0 Å². The molecule has 0 aliphatic carbocycles. The van der Waals surface area contributed by atoms with Crippen molar-refractivity contribution in [2.24, 2.45) is 0 Å². The summed E-state index contributed by atoms with van der Waals surface area (Å²) in [5.41, 5.74) is 0.399. The van der Waals surface area contributed by atoms with Crippen molar-refractivity contribution < 1.29 is 9.53 Å². The predicted octanol–water partition coefficient (Wildman–Crippen LogP) is 2.44. The molecule has 0 bridgehead atoms. The Labute approximate surface area is 107 Å². The Morgan fingerprint density at radius 3 is 2.82 bits per heavy atom. The van der Waals surface area contributed by atoms with Crippen LogP contribution >= 0.6 is 12.6 Å². The van der Waals surface area contributed by atoms with Crippen molar-refractivity contribution in [3.8, 4) is 0 Å². The zero-order chi connectivity index (χ0) is 12.9. The molecule has 0 saturated heterocycles.